The highest BCUT2D eigenvalue weighted by atomic mass is 19.4. The van der Waals surface area contributed by atoms with E-state index in [2.05, 4.69) is 10.4 Å². The van der Waals surface area contributed by atoms with Crippen LogP contribution in [0.4, 0.5) is 13.2 Å². The molecule has 2 aromatic rings. The number of nitrogens with zero attached hydrogens (tertiary/aromatic N) is 2. The van der Waals surface area contributed by atoms with Gasteiger partial charge in [0, 0.05) is 18.0 Å². The van der Waals surface area contributed by atoms with Crippen LogP contribution in [0, 0.1) is 0 Å². The Morgan fingerprint density at radius 3 is 2.50 bits per heavy atom. The fourth-order valence-electron chi connectivity index (χ4n) is 3.83. The van der Waals surface area contributed by atoms with Gasteiger partial charge in [-0.25, -0.2) is 4.68 Å². The lowest BCUT2D eigenvalue weighted by Gasteiger charge is -2.26. The van der Waals surface area contributed by atoms with Crippen molar-refractivity contribution in [1.82, 2.24) is 15.1 Å². The van der Waals surface area contributed by atoms with Crippen molar-refractivity contribution in [3.63, 3.8) is 0 Å². The standard InChI is InChI=1S/C20H23F3N4O/c21-20(22,23)13-2-1-3-16(10-13)27-18(12-4-5-12)17(11-25-27)19(28)26-15-8-6-14(24)7-9-15/h1-3,10-12,14-15H,4-9,24H2,(H,26,28). The number of rotatable bonds is 4. The molecule has 4 rings (SSSR count). The zero-order valence-electron chi connectivity index (χ0n) is 15.4. The Morgan fingerprint density at radius 2 is 1.86 bits per heavy atom. The van der Waals surface area contributed by atoms with Crippen molar-refractivity contribution in [2.24, 2.45) is 5.73 Å². The van der Waals surface area contributed by atoms with Gasteiger partial charge in [-0.15, -0.1) is 0 Å². The number of carbonyl (C=O) groups excluding carboxylic acids is 1. The van der Waals surface area contributed by atoms with Gasteiger partial charge in [-0.1, -0.05) is 6.07 Å². The molecule has 1 aromatic carbocycles. The Kier molecular flexibility index (Phi) is 4.91. The maximum atomic E-state index is 13.1. The molecule has 1 heterocycles. The van der Waals surface area contributed by atoms with Crippen LogP contribution in [-0.2, 0) is 6.18 Å². The van der Waals surface area contributed by atoms with Gasteiger partial charge < -0.3 is 11.1 Å². The number of benzene rings is 1. The van der Waals surface area contributed by atoms with Crippen LogP contribution in [0.2, 0.25) is 0 Å². The number of carbonyl (C=O) groups is 1. The molecule has 0 aliphatic heterocycles. The van der Waals surface area contributed by atoms with E-state index in [4.69, 9.17) is 5.73 Å². The van der Waals surface area contributed by atoms with Gasteiger partial charge in [0.05, 0.1) is 28.7 Å². The number of halogens is 3. The highest BCUT2D eigenvalue weighted by Crippen LogP contribution is 2.43. The first kappa shape index (κ1) is 19.0. The Labute approximate surface area is 161 Å². The molecule has 8 heteroatoms. The third-order valence-corrected chi connectivity index (χ3v) is 5.54. The molecule has 0 spiro atoms. The summed E-state index contributed by atoms with van der Waals surface area (Å²) in [6.07, 6.45) is 2.30. The monoisotopic (exact) mass is 392 g/mol. The van der Waals surface area contributed by atoms with Crippen LogP contribution in [0.1, 0.15) is 66.1 Å². The van der Waals surface area contributed by atoms with E-state index in [1.807, 2.05) is 0 Å². The summed E-state index contributed by atoms with van der Waals surface area (Å²) in [5.41, 5.74) is 6.66. The minimum Gasteiger partial charge on any atom is -0.349 e. The molecule has 2 fully saturated rings. The van der Waals surface area contributed by atoms with Gasteiger partial charge >= 0.3 is 6.18 Å². The maximum absolute atomic E-state index is 13.1. The summed E-state index contributed by atoms with van der Waals surface area (Å²) in [5.74, 6) is -0.0573. The predicted molar refractivity (Wildman–Crippen MR) is 98.2 cm³/mol. The number of alkyl halides is 3. The number of hydrogen-bond acceptors (Lipinski definition) is 3. The zero-order chi connectivity index (χ0) is 19.9. The van der Waals surface area contributed by atoms with Crippen molar-refractivity contribution < 1.29 is 18.0 Å². The Bertz CT molecular complexity index is 865. The molecule has 0 unspecified atom stereocenters. The first-order valence-electron chi connectivity index (χ1n) is 9.65. The molecular weight excluding hydrogens is 369 g/mol. The van der Waals surface area contributed by atoms with Crippen LogP contribution in [-0.4, -0.2) is 27.8 Å². The Morgan fingerprint density at radius 1 is 1.14 bits per heavy atom. The molecule has 1 amide bonds. The molecule has 5 nitrogen and oxygen atoms in total. The Hall–Kier alpha value is -2.35. The summed E-state index contributed by atoms with van der Waals surface area (Å²) in [7, 11) is 0. The second kappa shape index (κ2) is 7.24. The van der Waals surface area contributed by atoms with E-state index < -0.39 is 11.7 Å². The summed E-state index contributed by atoms with van der Waals surface area (Å²) in [6, 6.07) is 5.32. The van der Waals surface area contributed by atoms with Crippen LogP contribution >= 0.6 is 0 Å². The second-order valence-corrected chi connectivity index (χ2v) is 7.76. The number of nitrogens with two attached hydrogens (primary N) is 1. The topological polar surface area (TPSA) is 72.9 Å². The number of hydrogen-bond donors (Lipinski definition) is 2. The molecule has 1 aromatic heterocycles. The average Bonchev–Trinajstić information content (AvgIpc) is 3.40. The highest BCUT2D eigenvalue weighted by molar-refractivity contribution is 5.95. The van der Waals surface area contributed by atoms with E-state index in [9.17, 15) is 18.0 Å². The van der Waals surface area contributed by atoms with E-state index >= 15 is 0 Å². The molecule has 150 valence electrons. The van der Waals surface area contributed by atoms with Crippen molar-refractivity contribution in [2.75, 3.05) is 0 Å². The predicted octanol–water partition coefficient (Wildman–Crippen LogP) is 3.77. The fraction of sp³-hybridized carbons (Fsp3) is 0.500. The largest absolute Gasteiger partial charge is 0.416 e. The third kappa shape index (κ3) is 3.92. The summed E-state index contributed by atoms with van der Waals surface area (Å²) in [5, 5.41) is 7.32. The van der Waals surface area contributed by atoms with Gasteiger partial charge in [0.25, 0.3) is 5.91 Å². The van der Waals surface area contributed by atoms with Crippen molar-refractivity contribution >= 4 is 5.91 Å². The quantitative estimate of drug-likeness (QED) is 0.832. The molecule has 28 heavy (non-hydrogen) atoms. The number of aromatic nitrogens is 2. The molecule has 2 aliphatic carbocycles. The van der Waals surface area contributed by atoms with Crippen molar-refractivity contribution in [1.29, 1.82) is 0 Å². The summed E-state index contributed by atoms with van der Waals surface area (Å²) < 4.78 is 40.7. The van der Waals surface area contributed by atoms with Crippen LogP contribution < -0.4 is 11.1 Å². The van der Waals surface area contributed by atoms with Gasteiger partial charge in [-0.3, -0.25) is 4.79 Å². The van der Waals surface area contributed by atoms with Gasteiger partial charge in [0.2, 0.25) is 0 Å². The molecular formula is C20H23F3N4O. The SMILES string of the molecule is NC1CCC(NC(=O)c2cnn(-c3cccc(C(F)(F)F)c3)c2C2CC2)CC1. The van der Waals surface area contributed by atoms with Gasteiger partial charge in [0.15, 0.2) is 0 Å². The molecule has 0 radical (unpaired) electrons. The molecule has 2 aliphatic rings. The van der Waals surface area contributed by atoms with Gasteiger partial charge in [-0.05, 0) is 56.7 Å². The fourth-order valence-corrected chi connectivity index (χ4v) is 3.83. The minimum absolute atomic E-state index is 0.0799. The zero-order valence-corrected chi connectivity index (χ0v) is 15.4. The van der Waals surface area contributed by atoms with Gasteiger partial charge in [-0.2, -0.15) is 18.3 Å². The van der Waals surface area contributed by atoms with Crippen molar-refractivity contribution in [2.45, 2.75) is 62.7 Å². The lowest BCUT2D eigenvalue weighted by molar-refractivity contribution is -0.137. The van der Waals surface area contributed by atoms with Crippen molar-refractivity contribution in [3.8, 4) is 5.69 Å². The number of nitrogens with one attached hydrogen (secondary N) is 1. The van der Waals surface area contributed by atoms with E-state index in [0.717, 1.165) is 50.7 Å². The number of amides is 1. The van der Waals surface area contributed by atoms with E-state index in [-0.39, 0.29) is 23.9 Å². The summed E-state index contributed by atoms with van der Waals surface area (Å²) in [6.45, 7) is 0. The average molecular weight is 392 g/mol. The first-order chi connectivity index (χ1) is 13.3. The lowest BCUT2D eigenvalue weighted by atomic mass is 9.91. The van der Waals surface area contributed by atoms with Crippen molar-refractivity contribution in [3.05, 3.63) is 47.3 Å². The van der Waals surface area contributed by atoms with Gasteiger partial charge in [0.1, 0.15) is 0 Å². The second-order valence-electron chi connectivity index (χ2n) is 7.76. The van der Waals surface area contributed by atoms with Crippen LogP contribution in [0.5, 0.6) is 0 Å². The molecule has 0 bridgehead atoms. The van der Waals surface area contributed by atoms with Crippen LogP contribution in [0.3, 0.4) is 0 Å². The summed E-state index contributed by atoms with van der Waals surface area (Å²) in [4.78, 5) is 12.8. The first-order valence-corrected chi connectivity index (χ1v) is 9.65. The third-order valence-electron chi connectivity index (χ3n) is 5.54. The van der Waals surface area contributed by atoms with Crippen LogP contribution in [0.25, 0.3) is 5.69 Å². The maximum Gasteiger partial charge on any atom is 0.416 e. The lowest BCUT2D eigenvalue weighted by Crippen LogP contribution is -2.40. The smallest absolute Gasteiger partial charge is 0.349 e. The van der Waals surface area contributed by atoms with Crippen LogP contribution in [0.15, 0.2) is 30.5 Å². The molecule has 3 N–H and O–H groups in total. The summed E-state index contributed by atoms with van der Waals surface area (Å²) >= 11 is 0. The normalized spacial score (nSPS) is 22.9. The molecule has 2 saturated carbocycles. The highest BCUT2D eigenvalue weighted by Gasteiger charge is 2.35. The Balaban J connectivity index is 1.61. The molecule has 0 atom stereocenters. The minimum atomic E-state index is -4.43. The van der Waals surface area contributed by atoms with E-state index in [1.54, 1.807) is 6.07 Å². The molecule has 0 saturated heterocycles. The van der Waals surface area contributed by atoms with E-state index in [0.29, 0.717) is 16.9 Å². The van der Waals surface area contributed by atoms with E-state index in [1.165, 1.54) is 16.9 Å².